The van der Waals surface area contributed by atoms with Crippen molar-refractivity contribution in [2.24, 2.45) is 0 Å². The van der Waals surface area contributed by atoms with Crippen molar-refractivity contribution in [2.45, 2.75) is 38.7 Å². The number of ether oxygens (including phenoxy) is 1. The molecule has 1 fully saturated rings. The summed E-state index contributed by atoms with van der Waals surface area (Å²) in [6.07, 6.45) is 5.28. The first-order chi connectivity index (χ1) is 6.33. The molecular formula is C11H21NO. The molecule has 1 rings (SSSR count). The fourth-order valence-corrected chi connectivity index (χ4v) is 1.50. The molecule has 0 aliphatic carbocycles. The molecule has 2 heteroatoms. The topological polar surface area (TPSA) is 21.3 Å². The second-order valence-electron chi connectivity index (χ2n) is 3.72. The predicted octanol–water partition coefficient (Wildman–Crippen LogP) is 2.11. The molecule has 0 bridgehead atoms. The second kappa shape index (κ2) is 6.17. The van der Waals surface area contributed by atoms with E-state index in [0.29, 0.717) is 6.10 Å². The van der Waals surface area contributed by atoms with Crippen molar-refractivity contribution in [2.75, 3.05) is 19.7 Å². The van der Waals surface area contributed by atoms with Gasteiger partial charge in [0, 0.05) is 19.7 Å². The summed E-state index contributed by atoms with van der Waals surface area (Å²) in [5.74, 6) is 0. The Morgan fingerprint density at radius 1 is 1.54 bits per heavy atom. The van der Waals surface area contributed by atoms with Gasteiger partial charge in [-0.3, -0.25) is 0 Å². The van der Waals surface area contributed by atoms with E-state index in [0.717, 1.165) is 26.1 Å². The molecule has 0 aromatic rings. The van der Waals surface area contributed by atoms with Gasteiger partial charge in [-0.2, -0.15) is 0 Å². The lowest BCUT2D eigenvalue weighted by atomic mass is 10.1. The van der Waals surface area contributed by atoms with Crippen molar-refractivity contribution in [1.82, 2.24) is 5.32 Å². The van der Waals surface area contributed by atoms with Crippen molar-refractivity contribution >= 4 is 0 Å². The van der Waals surface area contributed by atoms with Gasteiger partial charge in [0.05, 0.1) is 6.10 Å². The van der Waals surface area contributed by atoms with E-state index in [9.17, 15) is 0 Å². The molecule has 0 aromatic heterocycles. The molecule has 13 heavy (non-hydrogen) atoms. The lowest BCUT2D eigenvalue weighted by Gasteiger charge is -2.22. The zero-order chi connectivity index (χ0) is 9.52. The molecule has 1 unspecified atom stereocenters. The SMILES string of the molecule is C=C(CC)CNCC1CCCCO1. The van der Waals surface area contributed by atoms with Gasteiger partial charge in [0.1, 0.15) is 0 Å². The molecule has 76 valence electrons. The summed E-state index contributed by atoms with van der Waals surface area (Å²) in [4.78, 5) is 0. The molecule has 1 N–H and O–H groups in total. The summed E-state index contributed by atoms with van der Waals surface area (Å²) < 4.78 is 5.60. The molecule has 0 radical (unpaired) electrons. The standard InChI is InChI=1S/C11H21NO/c1-3-10(2)8-12-9-11-6-4-5-7-13-11/h11-12H,2-9H2,1H3. The molecule has 1 atom stereocenters. The molecule has 0 amide bonds. The van der Waals surface area contributed by atoms with Crippen LogP contribution in [0.1, 0.15) is 32.6 Å². The Kier molecular flexibility index (Phi) is 5.09. The molecule has 2 nitrogen and oxygen atoms in total. The molecule has 1 heterocycles. The van der Waals surface area contributed by atoms with Crippen LogP contribution in [0, 0.1) is 0 Å². The lowest BCUT2D eigenvalue weighted by molar-refractivity contribution is 0.0174. The fraction of sp³-hybridized carbons (Fsp3) is 0.818. The normalized spacial score (nSPS) is 23.0. The molecule has 0 spiro atoms. The van der Waals surface area contributed by atoms with Gasteiger partial charge in [-0.05, 0) is 25.7 Å². The van der Waals surface area contributed by atoms with E-state index in [1.807, 2.05) is 0 Å². The summed E-state index contributed by atoms with van der Waals surface area (Å²) in [6.45, 7) is 8.96. The highest BCUT2D eigenvalue weighted by atomic mass is 16.5. The third-order valence-corrected chi connectivity index (χ3v) is 2.52. The fourth-order valence-electron chi connectivity index (χ4n) is 1.50. The van der Waals surface area contributed by atoms with Gasteiger partial charge in [-0.25, -0.2) is 0 Å². The van der Waals surface area contributed by atoms with Gasteiger partial charge in [0.2, 0.25) is 0 Å². The van der Waals surface area contributed by atoms with E-state index in [4.69, 9.17) is 4.74 Å². The Balaban J connectivity index is 2.01. The number of nitrogens with one attached hydrogen (secondary N) is 1. The predicted molar refractivity (Wildman–Crippen MR) is 55.9 cm³/mol. The zero-order valence-corrected chi connectivity index (χ0v) is 8.64. The van der Waals surface area contributed by atoms with Crippen LogP contribution in [0.3, 0.4) is 0 Å². The van der Waals surface area contributed by atoms with E-state index in [1.165, 1.54) is 24.8 Å². The van der Waals surface area contributed by atoms with Crippen molar-refractivity contribution in [1.29, 1.82) is 0 Å². The third-order valence-electron chi connectivity index (χ3n) is 2.52. The van der Waals surface area contributed by atoms with Gasteiger partial charge in [-0.1, -0.05) is 19.1 Å². The van der Waals surface area contributed by atoms with E-state index in [-0.39, 0.29) is 0 Å². The lowest BCUT2D eigenvalue weighted by Crippen LogP contribution is -2.32. The molecule has 0 saturated carbocycles. The first-order valence-electron chi connectivity index (χ1n) is 5.32. The van der Waals surface area contributed by atoms with Crippen LogP contribution >= 0.6 is 0 Å². The van der Waals surface area contributed by atoms with Crippen molar-refractivity contribution < 1.29 is 4.74 Å². The maximum absolute atomic E-state index is 5.60. The van der Waals surface area contributed by atoms with Crippen molar-refractivity contribution in [3.63, 3.8) is 0 Å². The first-order valence-corrected chi connectivity index (χ1v) is 5.32. The van der Waals surface area contributed by atoms with E-state index < -0.39 is 0 Å². The third kappa shape index (κ3) is 4.44. The number of hydrogen-bond donors (Lipinski definition) is 1. The Labute approximate surface area is 81.4 Å². The molecule has 1 aliphatic rings. The molecule has 1 aliphatic heterocycles. The minimum absolute atomic E-state index is 0.443. The van der Waals surface area contributed by atoms with Gasteiger partial charge >= 0.3 is 0 Å². The van der Waals surface area contributed by atoms with E-state index in [1.54, 1.807) is 0 Å². The molecular weight excluding hydrogens is 162 g/mol. The summed E-state index contributed by atoms with van der Waals surface area (Å²) in [5, 5.41) is 3.38. The quantitative estimate of drug-likeness (QED) is 0.659. The van der Waals surface area contributed by atoms with Gasteiger partial charge in [-0.15, -0.1) is 0 Å². The number of rotatable bonds is 5. The van der Waals surface area contributed by atoms with Crippen molar-refractivity contribution in [3.05, 3.63) is 12.2 Å². The first kappa shape index (κ1) is 10.7. The summed E-state index contributed by atoms with van der Waals surface area (Å²) in [5.41, 5.74) is 1.27. The summed E-state index contributed by atoms with van der Waals surface area (Å²) in [7, 11) is 0. The van der Waals surface area contributed by atoms with Gasteiger partial charge < -0.3 is 10.1 Å². The minimum Gasteiger partial charge on any atom is -0.377 e. The smallest absolute Gasteiger partial charge is 0.0699 e. The highest BCUT2D eigenvalue weighted by Crippen LogP contribution is 2.11. The highest BCUT2D eigenvalue weighted by Gasteiger charge is 2.12. The average molecular weight is 183 g/mol. The van der Waals surface area contributed by atoms with E-state index >= 15 is 0 Å². The van der Waals surface area contributed by atoms with Gasteiger partial charge in [0.25, 0.3) is 0 Å². The minimum atomic E-state index is 0.443. The zero-order valence-electron chi connectivity index (χ0n) is 8.64. The van der Waals surface area contributed by atoms with Crippen LogP contribution in [0.2, 0.25) is 0 Å². The summed E-state index contributed by atoms with van der Waals surface area (Å²) in [6, 6.07) is 0. The van der Waals surface area contributed by atoms with Crippen LogP contribution in [0.15, 0.2) is 12.2 Å². The van der Waals surface area contributed by atoms with Crippen LogP contribution in [0.5, 0.6) is 0 Å². The molecule has 0 aromatic carbocycles. The monoisotopic (exact) mass is 183 g/mol. The van der Waals surface area contributed by atoms with Gasteiger partial charge in [0.15, 0.2) is 0 Å². The Hall–Kier alpha value is -0.340. The maximum atomic E-state index is 5.60. The Bertz CT molecular complexity index is 150. The van der Waals surface area contributed by atoms with Crippen LogP contribution < -0.4 is 5.32 Å². The second-order valence-corrected chi connectivity index (χ2v) is 3.72. The van der Waals surface area contributed by atoms with Crippen molar-refractivity contribution in [3.8, 4) is 0 Å². The summed E-state index contributed by atoms with van der Waals surface area (Å²) >= 11 is 0. The largest absolute Gasteiger partial charge is 0.377 e. The average Bonchev–Trinajstić information content (AvgIpc) is 2.19. The van der Waals surface area contributed by atoms with E-state index in [2.05, 4.69) is 18.8 Å². The Morgan fingerprint density at radius 3 is 3.00 bits per heavy atom. The van der Waals surface area contributed by atoms with Crippen LogP contribution in [0.25, 0.3) is 0 Å². The molecule has 1 saturated heterocycles. The van der Waals surface area contributed by atoms with Crippen LogP contribution in [-0.4, -0.2) is 25.8 Å². The highest BCUT2D eigenvalue weighted by molar-refractivity contribution is 4.95. The number of hydrogen-bond acceptors (Lipinski definition) is 2. The maximum Gasteiger partial charge on any atom is 0.0699 e. The van der Waals surface area contributed by atoms with Crippen LogP contribution in [-0.2, 0) is 4.74 Å². The van der Waals surface area contributed by atoms with Crippen LogP contribution in [0.4, 0.5) is 0 Å². The Morgan fingerprint density at radius 2 is 2.38 bits per heavy atom.